The van der Waals surface area contributed by atoms with Crippen molar-refractivity contribution in [2.24, 2.45) is 0 Å². The Morgan fingerprint density at radius 1 is 1.17 bits per heavy atom. The van der Waals surface area contributed by atoms with Gasteiger partial charge in [0.25, 0.3) is 11.5 Å². The first-order chi connectivity index (χ1) is 14.4. The summed E-state index contributed by atoms with van der Waals surface area (Å²) in [6.45, 7) is 1.98. The van der Waals surface area contributed by atoms with Crippen LogP contribution in [-0.2, 0) is 6.54 Å². The second-order valence-corrected chi connectivity index (χ2v) is 7.94. The molecule has 4 aromatic rings. The first-order valence-corrected chi connectivity index (χ1v) is 10.2. The predicted molar refractivity (Wildman–Crippen MR) is 115 cm³/mol. The normalized spacial score (nSPS) is 12.1. The molecule has 6 nitrogen and oxygen atoms in total. The molecule has 4 rings (SSSR count). The Morgan fingerprint density at radius 3 is 2.63 bits per heavy atom. The van der Waals surface area contributed by atoms with Gasteiger partial charge in [0, 0.05) is 10.4 Å². The standard InChI is InChI=1S/C22H18FN3O3S/c1-13(14-4-7-16(23)8-5-14)24-20(27)15-6-9-18-19(11-15)25-22(29)26(21(18)28)12-17-3-2-10-30-17/h2-11,13H,12H2,1H3,(H,24,27)(H,25,29)/t13-/m1/s1. The van der Waals surface area contributed by atoms with Gasteiger partial charge in [-0.25, -0.2) is 9.18 Å². The van der Waals surface area contributed by atoms with Crippen LogP contribution in [-0.4, -0.2) is 15.5 Å². The van der Waals surface area contributed by atoms with Gasteiger partial charge in [-0.2, -0.15) is 0 Å². The van der Waals surface area contributed by atoms with Gasteiger partial charge in [-0.1, -0.05) is 18.2 Å². The quantitative estimate of drug-likeness (QED) is 0.516. The van der Waals surface area contributed by atoms with E-state index in [-0.39, 0.29) is 24.3 Å². The summed E-state index contributed by atoms with van der Waals surface area (Å²) in [6, 6.07) is 13.8. The number of hydrogen-bond donors (Lipinski definition) is 2. The van der Waals surface area contributed by atoms with Gasteiger partial charge in [-0.05, 0) is 54.3 Å². The molecule has 0 unspecified atom stereocenters. The van der Waals surface area contributed by atoms with E-state index in [9.17, 15) is 18.8 Å². The summed E-state index contributed by atoms with van der Waals surface area (Å²) in [7, 11) is 0. The highest BCUT2D eigenvalue weighted by molar-refractivity contribution is 7.09. The second kappa shape index (κ2) is 8.08. The lowest BCUT2D eigenvalue weighted by Gasteiger charge is -2.14. The molecule has 30 heavy (non-hydrogen) atoms. The van der Waals surface area contributed by atoms with Crippen LogP contribution >= 0.6 is 11.3 Å². The number of nitrogens with zero attached hydrogens (tertiary/aromatic N) is 1. The van der Waals surface area contributed by atoms with Gasteiger partial charge in [0.1, 0.15) is 5.82 Å². The first kappa shape index (κ1) is 19.8. The van der Waals surface area contributed by atoms with Crippen molar-refractivity contribution >= 4 is 28.1 Å². The Bertz CT molecular complexity index is 1320. The number of fused-ring (bicyclic) bond motifs is 1. The summed E-state index contributed by atoms with van der Waals surface area (Å²) in [5.74, 6) is -0.710. The molecule has 0 aliphatic rings. The van der Waals surface area contributed by atoms with Gasteiger partial charge in [-0.15, -0.1) is 11.3 Å². The summed E-state index contributed by atoms with van der Waals surface area (Å²) in [5, 5.41) is 5.04. The molecule has 0 spiro atoms. The highest BCUT2D eigenvalue weighted by Crippen LogP contribution is 2.15. The highest BCUT2D eigenvalue weighted by Gasteiger charge is 2.14. The minimum atomic E-state index is -0.530. The molecule has 2 aromatic carbocycles. The number of rotatable bonds is 5. The van der Waals surface area contributed by atoms with Gasteiger partial charge >= 0.3 is 5.69 Å². The maximum atomic E-state index is 13.1. The molecule has 152 valence electrons. The molecule has 1 atom stereocenters. The lowest BCUT2D eigenvalue weighted by Crippen LogP contribution is -2.35. The molecule has 0 bridgehead atoms. The van der Waals surface area contributed by atoms with Crippen molar-refractivity contribution in [1.82, 2.24) is 14.9 Å². The Labute approximate surface area is 174 Å². The molecule has 0 aliphatic heterocycles. The van der Waals surface area contributed by atoms with E-state index in [2.05, 4.69) is 10.3 Å². The van der Waals surface area contributed by atoms with E-state index in [0.29, 0.717) is 16.5 Å². The fourth-order valence-electron chi connectivity index (χ4n) is 3.21. The van der Waals surface area contributed by atoms with Crippen LogP contribution in [0.5, 0.6) is 0 Å². The van der Waals surface area contributed by atoms with Crippen LogP contribution in [0.4, 0.5) is 4.39 Å². The summed E-state index contributed by atoms with van der Waals surface area (Å²) in [6.07, 6.45) is 0. The zero-order chi connectivity index (χ0) is 21.3. The van der Waals surface area contributed by atoms with Crippen molar-refractivity contribution in [1.29, 1.82) is 0 Å². The SMILES string of the molecule is C[C@@H](NC(=O)c1ccc2c(=O)n(Cc3cccs3)c(=O)[nH]c2c1)c1ccc(F)cc1. The number of aromatic amines is 1. The van der Waals surface area contributed by atoms with Gasteiger partial charge in [0.05, 0.1) is 23.5 Å². The van der Waals surface area contributed by atoms with E-state index in [1.165, 1.54) is 35.6 Å². The van der Waals surface area contributed by atoms with Crippen molar-refractivity contribution in [3.05, 3.63) is 103 Å². The van der Waals surface area contributed by atoms with Crippen LogP contribution in [0.3, 0.4) is 0 Å². The molecular weight excluding hydrogens is 405 g/mol. The predicted octanol–water partition coefficient (Wildman–Crippen LogP) is 3.43. The van der Waals surface area contributed by atoms with Crippen molar-refractivity contribution in [2.75, 3.05) is 0 Å². The van der Waals surface area contributed by atoms with Crippen LogP contribution in [0.15, 0.2) is 69.6 Å². The summed E-state index contributed by atoms with van der Waals surface area (Å²) < 4.78 is 14.2. The Morgan fingerprint density at radius 2 is 1.93 bits per heavy atom. The third-order valence-electron chi connectivity index (χ3n) is 4.86. The number of carbonyl (C=O) groups is 1. The topological polar surface area (TPSA) is 84.0 Å². The molecular formula is C22H18FN3O3S. The minimum Gasteiger partial charge on any atom is -0.346 e. The molecule has 2 aromatic heterocycles. The number of nitrogens with one attached hydrogen (secondary N) is 2. The number of halogens is 1. The van der Waals surface area contributed by atoms with E-state index in [1.54, 1.807) is 25.1 Å². The van der Waals surface area contributed by atoms with Gasteiger partial charge in [0.2, 0.25) is 0 Å². The lowest BCUT2D eigenvalue weighted by molar-refractivity contribution is 0.0940. The second-order valence-electron chi connectivity index (χ2n) is 6.91. The third kappa shape index (κ3) is 3.95. The maximum absolute atomic E-state index is 13.1. The van der Waals surface area contributed by atoms with Crippen LogP contribution in [0.2, 0.25) is 0 Å². The fourth-order valence-corrected chi connectivity index (χ4v) is 3.91. The molecule has 0 saturated heterocycles. The number of aromatic nitrogens is 2. The first-order valence-electron chi connectivity index (χ1n) is 9.28. The summed E-state index contributed by atoms with van der Waals surface area (Å²) >= 11 is 1.47. The van der Waals surface area contributed by atoms with Crippen molar-refractivity contribution < 1.29 is 9.18 Å². The molecule has 0 aliphatic carbocycles. The largest absolute Gasteiger partial charge is 0.346 e. The highest BCUT2D eigenvalue weighted by atomic mass is 32.1. The third-order valence-corrected chi connectivity index (χ3v) is 5.72. The molecule has 0 fully saturated rings. The van der Waals surface area contributed by atoms with E-state index in [4.69, 9.17) is 0 Å². The summed E-state index contributed by atoms with van der Waals surface area (Å²) in [4.78, 5) is 41.4. The van der Waals surface area contributed by atoms with Gasteiger partial charge in [0.15, 0.2) is 0 Å². The van der Waals surface area contributed by atoms with Gasteiger partial charge < -0.3 is 10.3 Å². The zero-order valence-electron chi connectivity index (χ0n) is 16.0. The Balaban J connectivity index is 1.61. The van der Waals surface area contributed by atoms with Crippen LogP contribution < -0.4 is 16.6 Å². The zero-order valence-corrected chi connectivity index (χ0v) is 16.8. The van der Waals surface area contributed by atoms with Crippen molar-refractivity contribution in [3.63, 3.8) is 0 Å². The number of hydrogen-bond acceptors (Lipinski definition) is 4. The molecule has 8 heteroatoms. The number of benzene rings is 2. The maximum Gasteiger partial charge on any atom is 0.329 e. The molecule has 0 saturated carbocycles. The van der Waals surface area contributed by atoms with Crippen LogP contribution in [0.1, 0.15) is 33.8 Å². The van der Waals surface area contributed by atoms with E-state index in [0.717, 1.165) is 15.0 Å². The Kier molecular flexibility index (Phi) is 5.33. The monoisotopic (exact) mass is 423 g/mol. The average molecular weight is 423 g/mol. The van der Waals surface area contributed by atoms with E-state index in [1.807, 2.05) is 17.5 Å². The van der Waals surface area contributed by atoms with Crippen LogP contribution in [0, 0.1) is 5.82 Å². The van der Waals surface area contributed by atoms with Crippen molar-refractivity contribution in [2.45, 2.75) is 19.5 Å². The number of thiophene rings is 1. The van der Waals surface area contributed by atoms with Crippen LogP contribution in [0.25, 0.3) is 10.9 Å². The number of carbonyl (C=O) groups excluding carboxylic acids is 1. The fraction of sp³-hybridized carbons (Fsp3) is 0.136. The summed E-state index contributed by atoms with van der Waals surface area (Å²) in [5.41, 5.74) is 0.430. The number of amides is 1. The Hall–Kier alpha value is -3.52. The van der Waals surface area contributed by atoms with Gasteiger partial charge in [-0.3, -0.25) is 14.2 Å². The molecule has 2 heterocycles. The molecule has 1 amide bonds. The molecule has 0 radical (unpaired) electrons. The molecule has 2 N–H and O–H groups in total. The van der Waals surface area contributed by atoms with E-state index < -0.39 is 11.2 Å². The smallest absolute Gasteiger partial charge is 0.329 e. The minimum absolute atomic E-state index is 0.194. The van der Waals surface area contributed by atoms with E-state index >= 15 is 0 Å². The average Bonchev–Trinajstić information content (AvgIpc) is 3.24. The number of H-pyrrole nitrogens is 1. The van der Waals surface area contributed by atoms with Crippen molar-refractivity contribution in [3.8, 4) is 0 Å². The lowest BCUT2D eigenvalue weighted by atomic mass is 10.1.